The van der Waals surface area contributed by atoms with Gasteiger partial charge in [-0.3, -0.25) is 4.79 Å². The summed E-state index contributed by atoms with van der Waals surface area (Å²) in [5.74, 6) is -0.554. The molecule has 1 aromatic carbocycles. The molecule has 0 spiro atoms. The van der Waals surface area contributed by atoms with Crippen LogP contribution in [-0.2, 0) is 4.74 Å². The molecule has 2 N–H and O–H groups in total. The number of ether oxygens (including phenoxy) is 1. The van der Waals surface area contributed by atoms with E-state index in [9.17, 15) is 9.18 Å². The van der Waals surface area contributed by atoms with Gasteiger partial charge in [-0.25, -0.2) is 4.39 Å². The molecule has 18 heavy (non-hydrogen) atoms. The second kappa shape index (κ2) is 5.46. The number of hydrogen-bond acceptors (Lipinski definition) is 3. The Kier molecular flexibility index (Phi) is 3.93. The molecule has 98 valence electrons. The largest absolute Gasteiger partial charge is 0.373 e. The number of nitrogens with two attached hydrogens (primary N) is 1. The average molecular weight is 252 g/mol. The normalized spacial score (nSPS) is 19.9. The van der Waals surface area contributed by atoms with Crippen LogP contribution < -0.4 is 5.73 Å². The molecule has 1 fully saturated rings. The number of aryl methyl sites for hydroxylation is 1. The number of hydrogen-bond donors (Lipinski definition) is 1. The molecule has 1 unspecified atom stereocenters. The van der Waals surface area contributed by atoms with Crippen LogP contribution in [-0.4, -0.2) is 43.2 Å². The van der Waals surface area contributed by atoms with Gasteiger partial charge in [-0.1, -0.05) is 6.07 Å². The van der Waals surface area contributed by atoms with E-state index in [1.165, 1.54) is 12.1 Å². The van der Waals surface area contributed by atoms with Crippen molar-refractivity contribution in [1.29, 1.82) is 0 Å². The molecule has 0 saturated carbocycles. The maximum atomic E-state index is 13.2. The van der Waals surface area contributed by atoms with Crippen LogP contribution >= 0.6 is 0 Å². The van der Waals surface area contributed by atoms with Crippen LogP contribution in [0.1, 0.15) is 15.9 Å². The molecule has 1 aliphatic rings. The Morgan fingerprint density at radius 1 is 1.61 bits per heavy atom. The summed E-state index contributed by atoms with van der Waals surface area (Å²) in [6.45, 7) is 3.64. The number of carbonyl (C=O) groups excluding carboxylic acids is 1. The van der Waals surface area contributed by atoms with Gasteiger partial charge in [-0.15, -0.1) is 0 Å². The lowest BCUT2D eigenvalue weighted by Gasteiger charge is -2.32. The van der Waals surface area contributed by atoms with Crippen molar-refractivity contribution >= 4 is 5.91 Å². The van der Waals surface area contributed by atoms with E-state index in [2.05, 4.69) is 0 Å². The number of morpholine rings is 1. The molecular formula is C13H17FN2O2. The molecular weight excluding hydrogens is 235 g/mol. The van der Waals surface area contributed by atoms with Crippen LogP contribution in [0.5, 0.6) is 0 Å². The Bertz CT molecular complexity index is 451. The van der Waals surface area contributed by atoms with E-state index in [1.807, 2.05) is 0 Å². The Morgan fingerprint density at radius 3 is 3.11 bits per heavy atom. The molecule has 1 aromatic rings. The van der Waals surface area contributed by atoms with Gasteiger partial charge < -0.3 is 15.4 Å². The quantitative estimate of drug-likeness (QED) is 0.852. The van der Waals surface area contributed by atoms with Crippen LogP contribution in [0.15, 0.2) is 18.2 Å². The lowest BCUT2D eigenvalue weighted by Crippen LogP contribution is -2.48. The van der Waals surface area contributed by atoms with Crippen LogP contribution in [0.3, 0.4) is 0 Å². The zero-order valence-corrected chi connectivity index (χ0v) is 10.4. The third-order valence-corrected chi connectivity index (χ3v) is 3.12. The number of halogens is 1. The minimum Gasteiger partial charge on any atom is -0.373 e. The molecule has 2 rings (SSSR count). The highest BCUT2D eigenvalue weighted by molar-refractivity contribution is 5.95. The predicted octanol–water partition coefficient (Wildman–Crippen LogP) is 0.934. The van der Waals surface area contributed by atoms with Crippen molar-refractivity contribution < 1.29 is 13.9 Å². The van der Waals surface area contributed by atoms with Crippen LogP contribution in [0.2, 0.25) is 0 Å². The third kappa shape index (κ3) is 2.68. The Morgan fingerprint density at radius 2 is 2.39 bits per heavy atom. The van der Waals surface area contributed by atoms with Gasteiger partial charge in [0.25, 0.3) is 5.91 Å². The number of nitrogens with zero attached hydrogens (tertiary/aromatic N) is 1. The summed E-state index contributed by atoms with van der Waals surface area (Å²) < 4.78 is 18.6. The van der Waals surface area contributed by atoms with Gasteiger partial charge >= 0.3 is 0 Å². The van der Waals surface area contributed by atoms with Crippen molar-refractivity contribution in [3.63, 3.8) is 0 Å². The highest BCUT2D eigenvalue weighted by Crippen LogP contribution is 2.15. The summed E-state index contributed by atoms with van der Waals surface area (Å²) >= 11 is 0. The zero-order valence-electron chi connectivity index (χ0n) is 10.4. The first kappa shape index (κ1) is 13.0. The van der Waals surface area contributed by atoms with Crippen molar-refractivity contribution in [2.24, 2.45) is 5.73 Å². The Labute approximate surface area is 106 Å². The van der Waals surface area contributed by atoms with Crippen LogP contribution in [0, 0.1) is 12.7 Å². The van der Waals surface area contributed by atoms with Crippen molar-refractivity contribution in [3.05, 3.63) is 35.1 Å². The molecule has 1 amide bonds. The SMILES string of the molecule is Cc1ccc(F)cc1C(=O)N1CCOC(CN)C1. The fourth-order valence-corrected chi connectivity index (χ4v) is 2.04. The van der Waals surface area contributed by atoms with Gasteiger partial charge in [0.1, 0.15) is 5.82 Å². The Hall–Kier alpha value is -1.46. The standard InChI is InChI=1S/C13H17FN2O2/c1-9-2-3-10(14)6-12(9)13(17)16-4-5-18-11(7-15)8-16/h2-3,6,11H,4-5,7-8,15H2,1H3. The number of carbonyl (C=O) groups is 1. The number of rotatable bonds is 2. The summed E-state index contributed by atoms with van der Waals surface area (Å²) in [5.41, 5.74) is 6.72. The molecule has 0 bridgehead atoms. The highest BCUT2D eigenvalue weighted by Gasteiger charge is 2.25. The fourth-order valence-electron chi connectivity index (χ4n) is 2.04. The second-order valence-electron chi connectivity index (χ2n) is 4.44. The van der Waals surface area contributed by atoms with E-state index in [1.54, 1.807) is 17.9 Å². The van der Waals surface area contributed by atoms with E-state index in [-0.39, 0.29) is 12.0 Å². The summed E-state index contributed by atoms with van der Waals surface area (Å²) in [7, 11) is 0. The van der Waals surface area contributed by atoms with E-state index in [4.69, 9.17) is 10.5 Å². The van der Waals surface area contributed by atoms with Gasteiger partial charge in [0.2, 0.25) is 0 Å². The lowest BCUT2D eigenvalue weighted by atomic mass is 10.1. The summed E-state index contributed by atoms with van der Waals surface area (Å²) in [6, 6.07) is 4.25. The van der Waals surface area contributed by atoms with E-state index in [0.717, 1.165) is 5.56 Å². The molecule has 0 aromatic heterocycles. The highest BCUT2D eigenvalue weighted by atomic mass is 19.1. The Balaban J connectivity index is 2.17. The predicted molar refractivity (Wildman–Crippen MR) is 65.8 cm³/mol. The minimum atomic E-state index is -0.396. The summed E-state index contributed by atoms with van der Waals surface area (Å²) in [6.07, 6.45) is -0.128. The average Bonchev–Trinajstić information content (AvgIpc) is 2.41. The number of benzene rings is 1. The topological polar surface area (TPSA) is 55.6 Å². The van der Waals surface area contributed by atoms with Gasteiger partial charge in [0, 0.05) is 25.2 Å². The van der Waals surface area contributed by atoms with E-state index in [0.29, 0.717) is 31.8 Å². The molecule has 1 atom stereocenters. The first-order valence-electron chi connectivity index (χ1n) is 5.99. The van der Waals surface area contributed by atoms with Crippen molar-refractivity contribution in [2.75, 3.05) is 26.2 Å². The van der Waals surface area contributed by atoms with E-state index >= 15 is 0 Å². The number of amides is 1. The summed E-state index contributed by atoms with van der Waals surface area (Å²) in [4.78, 5) is 14.0. The van der Waals surface area contributed by atoms with Crippen LogP contribution in [0.25, 0.3) is 0 Å². The fraction of sp³-hybridized carbons (Fsp3) is 0.462. The molecule has 1 saturated heterocycles. The van der Waals surface area contributed by atoms with Gasteiger partial charge in [0.05, 0.1) is 12.7 Å². The molecule has 1 aliphatic heterocycles. The molecule has 1 heterocycles. The van der Waals surface area contributed by atoms with E-state index < -0.39 is 5.82 Å². The third-order valence-electron chi connectivity index (χ3n) is 3.12. The van der Waals surface area contributed by atoms with Crippen molar-refractivity contribution in [3.8, 4) is 0 Å². The zero-order chi connectivity index (χ0) is 13.1. The maximum Gasteiger partial charge on any atom is 0.254 e. The first-order chi connectivity index (χ1) is 8.61. The maximum absolute atomic E-state index is 13.2. The van der Waals surface area contributed by atoms with Crippen molar-refractivity contribution in [2.45, 2.75) is 13.0 Å². The monoisotopic (exact) mass is 252 g/mol. The second-order valence-corrected chi connectivity index (χ2v) is 4.44. The lowest BCUT2D eigenvalue weighted by molar-refractivity contribution is -0.0167. The molecule has 5 heteroatoms. The molecule has 0 aliphatic carbocycles. The molecule has 0 radical (unpaired) electrons. The van der Waals surface area contributed by atoms with Gasteiger partial charge in [-0.2, -0.15) is 0 Å². The smallest absolute Gasteiger partial charge is 0.254 e. The van der Waals surface area contributed by atoms with Crippen LogP contribution in [0.4, 0.5) is 4.39 Å². The van der Waals surface area contributed by atoms with Crippen molar-refractivity contribution in [1.82, 2.24) is 4.90 Å². The summed E-state index contributed by atoms with van der Waals surface area (Å²) in [5, 5.41) is 0. The van der Waals surface area contributed by atoms with Gasteiger partial charge in [-0.05, 0) is 24.6 Å². The minimum absolute atomic E-state index is 0.128. The van der Waals surface area contributed by atoms with Gasteiger partial charge in [0.15, 0.2) is 0 Å². The first-order valence-corrected chi connectivity index (χ1v) is 5.99. The molecule has 4 nitrogen and oxygen atoms in total.